The Labute approximate surface area is 95.3 Å². The van der Waals surface area contributed by atoms with Crippen LogP contribution in [0.3, 0.4) is 0 Å². The molecule has 0 radical (unpaired) electrons. The second kappa shape index (κ2) is 6.32. The van der Waals surface area contributed by atoms with Crippen molar-refractivity contribution in [2.75, 3.05) is 7.05 Å². The summed E-state index contributed by atoms with van der Waals surface area (Å²) >= 11 is 0. The Hall–Kier alpha value is -0.300. The van der Waals surface area contributed by atoms with E-state index in [0.29, 0.717) is 0 Å². The molecule has 15 heavy (non-hydrogen) atoms. The van der Waals surface area contributed by atoms with Gasteiger partial charge in [-0.25, -0.2) is 0 Å². The molecule has 0 aliphatic heterocycles. The van der Waals surface area contributed by atoms with Crippen LogP contribution in [0.4, 0.5) is 0 Å². The molecule has 1 saturated carbocycles. The normalized spacial score (nSPS) is 27.9. The highest BCUT2D eigenvalue weighted by Gasteiger charge is 2.28. The van der Waals surface area contributed by atoms with Gasteiger partial charge < -0.3 is 5.32 Å². The zero-order valence-electron chi connectivity index (χ0n) is 10.7. The molecule has 1 nitrogen and oxygen atoms in total. The molecule has 88 valence electrons. The average molecular weight is 209 g/mol. The summed E-state index contributed by atoms with van der Waals surface area (Å²) < 4.78 is 0. The van der Waals surface area contributed by atoms with Gasteiger partial charge in [0, 0.05) is 6.04 Å². The average Bonchev–Trinajstić information content (AvgIpc) is 2.67. The third-order valence-corrected chi connectivity index (χ3v) is 3.98. The van der Waals surface area contributed by atoms with Crippen molar-refractivity contribution in [1.82, 2.24) is 5.32 Å². The number of allylic oxidation sites excluding steroid dienone is 1. The molecule has 0 heterocycles. The zero-order valence-corrected chi connectivity index (χ0v) is 10.7. The molecule has 1 aliphatic rings. The van der Waals surface area contributed by atoms with E-state index < -0.39 is 0 Å². The van der Waals surface area contributed by atoms with Crippen LogP contribution in [-0.4, -0.2) is 13.1 Å². The second-order valence-electron chi connectivity index (χ2n) is 5.24. The Morgan fingerprint density at radius 3 is 2.67 bits per heavy atom. The van der Waals surface area contributed by atoms with E-state index >= 15 is 0 Å². The minimum absolute atomic E-state index is 0.721. The molecule has 0 bridgehead atoms. The minimum Gasteiger partial charge on any atom is -0.317 e. The van der Waals surface area contributed by atoms with Gasteiger partial charge in [-0.05, 0) is 51.5 Å². The fourth-order valence-corrected chi connectivity index (χ4v) is 2.87. The SMILES string of the molecule is C=C(C)CCC(NC)C1CCC(CC)C1. The second-order valence-corrected chi connectivity index (χ2v) is 5.24. The first-order valence-corrected chi connectivity index (χ1v) is 6.49. The standard InChI is InChI=1S/C14H27N/c1-5-12-7-8-13(10-12)14(15-4)9-6-11(2)3/h12-15H,2,5-10H2,1,3-4H3. The van der Waals surface area contributed by atoms with E-state index in [-0.39, 0.29) is 0 Å². The Morgan fingerprint density at radius 1 is 1.47 bits per heavy atom. The lowest BCUT2D eigenvalue weighted by molar-refractivity contribution is 0.346. The third-order valence-electron chi connectivity index (χ3n) is 3.98. The fourth-order valence-electron chi connectivity index (χ4n) is 2.87. The van der Waals surface area contributed by atoms with E-state index in [1.54, 1.807) is 0 Å². The van der Waals surface area contributed by atoms with Gasteiger partial charge in [0.25, 0.3) is 0 Å². The van der Waals surface area contributed by atoms with Crippen molar-refractivity contribution in [2.24, 2.45) is 11.8 Å². The van der Waals surface area contributed by atoms with Gasteiger partial charge in [0.05, 0.1) is 0 Å². The molecule has 0 spiro atoms. The highest BCUT2D eigenvalue weighted by molar-refractivity contribution is 4.91. The summed E-state index contributed by atoms with van der Waals surface area (Å²) in [6.45, 7) is 8.46. The molecule has 0 aromatic rings. The first-order chi connectivity index (χ1) is 7.17. The van der Waals surface area contributed by atoms with Crippen LogP contribution < -0.4 is 5.32 Å². The molecule has 3 unspecified atom stereocenters. The van der Waals surface area contributed by atoms with Gasteiger partial charge in [0.2, 0.25) is 0 Å². The van der Waals surface area contributed by atoms with Crippen molar-refractivity contribution >= 4 is 0 Å². The van der Waals surface area contributed by atoms with Crippen molar-refractivity contribution in [2.45, 2.75) is 58.4 Å². The lowest BCUT2D eigenvalue weighted by Crippen LogP contribution is -2.32. The Morgan fingerprint density at radius 2 is 2.20 bits per heavy atom. The lowest BCUT2D eigenvalue weighted by atomic mass is 9.91. The summed E-state index contributed by atoms with van der Waals surface area (Å²) in [4.78, 5) is 0. The van der Waals surface area contributed by atoms with Gasteiger partial charge in [-0.15, -0.1) is 6.58 Å². The largest absolute Gasteiger partial charge is 0.317 e. The molecule has 1 fully saturated rings. The molecule has 0 aromatic carbocycles. The van der Waals surface area contributed by atoms with E-state index in [4.69, 9.17) is 0 Å². The molecule has 1 heteroatoms. The van der Waals surface area contributed by atoms with Crippen molar-refractivity contribution in [3.8, 4) is 0 Å². The van der Waals surface area contributed by atoms with Gasteiger partial charge in [-0.3, -0.25) is 0 Å². The third kappa shape index (κ3) is 3.98. The Balaban J connectivity index is 2.35. The monoisotopic (exact) mass is 209 g/mol. The van der Waals surface area contributed by atoms with Crippen LogP contribution in [-0.2, 0) is 0 Å². The van der Waals surface area contributed by atoms with Crippen LogP contribution in [0.2, 0.25) is 0 Å². The number of nitrogens with one attached hydrogen (secondary N) is 1. The Kier molecular flexibility index (Phi) is 5.38. The molecule has 0 aromatic heterocycles. The zero-order chi connectivity index (χ0) is 11.3. The van der Waals surface area contributed by atoms with Crippen LogP contribution >= 0.6 is 0 Å². The molecule has 1 N–H and O–H groups in total. The van der Waals surface area contributed by atoms with Crippen LogP contribution in [0.25, 0.3) is 0 Å². The van der Waals surface area contributed by atoms with Crippen molar-refractivity contribution in [3.63, 3.8) is 0 Å². The highest BCUT2D eigenvalue weighted by Crippen LogP contribution is 2.36. The number of hydrogen-bond acceptors (Lipinski definition) is 1. The van der Waals surface area contributed by atoms with Crippen molar-refractivity contribution in [3.05, 3.63) is 12.2 Å². The summed E-state index contributed by atoms with van der Waals surface area (Å²) in [6, 6.07) is 0.721. The van der Waals surface area contributed by atoms with E-state index in [1.807, 2.05) is 0 Å². The van der Waals surface area contributed by atoms with Gasteiger partial charge in [0.1, 0.15) is 0 Å². The summed E-state index contributed by atoms with van der Waals surface area (Å²) in [5.74, 6) is 1.91. The fraction of sp³-hybridized carbons (Fsp3) is 0.857. The van der Waals surface area contributed by atoms with Gasteiger partial charge in [0.15, 0.2) is 0 Å². The van der Waals surface area contributed by atoms with Crippen LogP contribution in [0.1, 0.15) is 52.4 Å². The summed E-state index contributed by atoms with van der Waals surface area (Å²) in [5.41, 5.74) is 1.32. The van der Waals surface area contributed by atoms with E-state index in [9.17, 15) is 0 Å². The first-order valence-electron chi connectivity index (χ1n) is 6.49. The quantitative estimate of drug-likeness (QED) is 0.657. The maximum Gasteiger partial charge on any atom is 0.00954 e. The van der Waals surface area contributed by atoms with E-state index in [0.717, 1.165) is 17.9 Å². The van der Waals surface area contributed by atoms with Crippen molar-refractivity contribution in [1.29, 1.82) is 0 Å². The molecule has 1 rings (SSSR count). The molecule has 0 amide bonds. The predicted molar refractivity (Wildman–Crippen MR) is 68.0 cm³/mol. The smallest absolute Gasteiger partial charge is 0.00954 e. The minimum atomic E-state index is 0.721. The molecule has 0 saturated heterocycles. The molecular weight excluding hydrogens is 182 g/mol. The van der Waals surface area contributed by atoms with Crippen LogP contribution in [0.5, 0.6) is 0 Å². The number of rotatable bonds is 6. The topological polar surface area (TPSA) is 12.0 Å². The van der Waals surface area contributed by atoms with Crippen LogP contribution in [0, 0.1) is 11.8 Å². The van der Waals surface area contributed by atoms with Gasteiger partial charge >= 0.3 is 0 Å². The first kappa shape index (κ1) is 12.8. The summed E-state index contributed by atoms with van der Waals surface area (Å²) in [7, 11) is 2.11. The van der Waals surface area contributed by atoms with E-state index in [2.05, 4.69) is 32.8 Å². The van der Waals surface area contributed by atoms with Crippen molar-refractivity contribution < 1.29 is 0 Å². The van der Waals surface area contributed by atoms with Gasteiger partial charge in [-0.2, -0.15) is 0 Å². The molecular formula is C14H27N. The molecule has 1 aliphatic carbocycles. The summed E-state index contributed by atoms with van der Waals surface area (Å²) in [5, 5.41) is 3.50. The predicted octanol–water partition coefficient (Wildman–Crippen LogP) is 3.76. The lowest BCUT2D eigenvalue weighted by Gasteiger charge is -2.23. The number of hydrogen-bond donors (Lipinski definition) is 1. The van der Waals surface area contributed by atoms with Gasteiger partial charge in [-0.1, -0.05) is 25.3 Å². The maximum atomic E-state index is 3.99. The summed E-state index contributed by atoms with van der Waals surface area (Å²) in [6.07, 6.45) is 8.14. The van der Waals surface area contributed by atoms with Crippen LogP contribution in [0.15, 0.2) is 12.2 Å². The maximum absolute atomic E-state index is 3.99. The molecule has 3 atom stereocenters. The highest BCUT2D eigenvalue weighted by atomic mass is 14.9. The van der Waals surface area contributed by atoms with E-state index in [1.165, 1.54) is 44.1 Å². The Bertz CT molecular complexity index is 198.